The summed E-state index contributed by atoms with van der Waals surface area (Å²) in [4.78, 5) is 20.8. The lowest BCUT2D eigenvalue weighted by atomic mass is 10.2. The van der Waals surface area contributed by atoms with Crippen LogP contribution in [0.4, 0.5) is 10.6 Å². The third-order valence-corrected chi connectivity index (χ3v) is 3.89. The van der Waals surface area contributed by atoms with Gasteiger partial charge in [-0.25, -0.2) is 4.79 Å². The van der Waals surface area contributed by atoms with Crippen LogP contribution in [-0.2, 0) is 0 Å². The minimum absolute atomic E-state index is 0.248. The molecule has 0 aliphatic carbocycles. The Kier molecular flexibility index (Phi) is 5.97. The lowest BCUT2D eigenvalue weighted by molar-refractivity contribution is 0.119. The summed E-state index contributed by atoms with van der Waals surface area (Å²) >= 11 is 0. The van der Waals surface area contributed by atoms with Gasteiger partial charge in [0.15, 0.2) is 0 Å². The third-order valence-electron chi connectivity index (χ3n) is 3.89. The Morgan fingerprint density at radius 3 is 2.77 bits per heavy atom. The quantitative estimate of drug-likeness (QED) is 0.844. The van der Waals surface area contributed by atoms with Gasteiger partial charge < -0.3 is 15.0 Å². The number of carbonyl (C=O) groups excluding carboxylic acids is 1. The molecule has 2 heterocycles. The molecule has 1 aromatic heterocycles. The van der Waals surface area contributed by atoms with Gasteiger partial charge in [0.25, 0.3) is 0 Å². The second-order valence-electron chi connectivity index (χ2n) is 5.59. The largest absolute Gasteiger partial charge is 0.481 e. The first-order valence-corrected chi connectivity index (χ1v) is 7.57. The van der Waals surface area contributed by atoms with Gasteiger partial charge in [-0.05, 0) is 20.0 Å². The SMILES string of the molecule is COc1cccc(NC(=O)NCC(C)N2CCN(C)CC2)n1. The molecular weight excluding hydrogens is 282 g/mol. The van der Waals surface area contributed by atoms with Gasteiger partial charge in [-0.2, -0.15) is 4.98 Å². The summed E-state index contributed by atoms with van der Waals surface area (Å²) in [5, 5.41) is 5.60. The first-order chi connectivity index (χ1) is 10.6. The van der Waals surface area contributed by atoms with Gasteiger partial charge in [-0.3, -0.25) is 10.2 Å². The van der Waals surface area contributed by atoms with Crippen molar-refractivity contribution in [2.75, 3.05) is 52.2 Å². The third kappa shape index (κ3) is 4.85. The van der Waals surface area contributed by atoms with Crippen molar-refractivity contribution in [3.05, 3.63) is 18.2 Å². The van der Waals surface area contributed by atoms with Crippen molar-refractivity contribution in [3.8, 4) is 5.88 Å². The molecule has 0 saturated carbocycles. The predicted molar refractivity (Wildman–Crippen MR) is 86.3 cm³/mol. The summed E-state index contributed by atoms with van der Waals surface area (Å²) in [7, 11) is 3.68. The van der Waals surface area contributed by atoms with E-state index < -0.39 is 0 Å². The molecule has 2 N–H and O–H groups in total. The van der Waals surface area contributed by atoms with Crippen molar-refractivity contribution in [1.29, 1.82) is 0 Å². The summed E-state index contributed by atoms with van der Waals surface area (Å²) in [6.07, 6.45) is 0. The molecule has 0 bridgehead atoms. The lowest BCUT2D eigenvalue weighted by Crippen LogP contribution is -2.51. The number of pyridine rings is 1. The number of nitrogens with zero attached hydrogens (tertiary/aromatic N) is 3. The molecule has 2 amide bonds. The molecule has 122 valence electrons. The van der Waals surface area contributed by atoms with Crippen LogP contribution in [0.15, 0.2) is 18.2 Å². The van der Waals surface area contributed by atoms with Crippen LogP contribution in [0.1, 0.15) is 6.92 Å². The number of ether oxygens (including phenoxy) is 1. The number of urea groups is 1. The summed E-state index contributed by atoms with van der Waals surface area (Å²) in [6.45, 7) is 6.97. The highest BCUT2D eigenvalue weighted by Crippen LogP contribution is 2.10. The van der Waals surface area contributed by atoms with Gasteiger partial charge in [0, 0.05) is 44.8 Å². The van der Waals surface area contributed by atoms with Crippen LogP contribution in [0.5, 0.6) is 5.88 Å². The number of piperazine rings is 1. The monoisotopic (exact) mass is 307 g/mol. The number of likely N-dealkylation sites (N-methyl/N-ethyl adjacent to an activating group) is 1. The number of methoxy groups -OCH3 is 1. The first-order valence-electron chi connectivity index (χ1n) is 7.57. The molecule has 1 unspecified atom stereocenters. The van der Waals surface area contributed by atoms with E-state index in [9.17, 15) is 4.79 Å². The van der Waals surface area contributed by atoms with Crippen molar-refractivity contribution >= 4 is 11.8 Å². The van der Waals surface area contributed by atoms with Crippen LogP contribution in [0.2, 0.25) is 0 Å². The van der Waals surface area contributed by atoms with E-state index in [1.807, 2.05) is 0 Å². The Labute approximate surface area is 131 Å². The molecule has 1 fully saturated rings. The first kappa shape index (κ1) is 16.5. The molecule has 22 heavy (non-hydrogen) atoms. The molecule has 1 atom stereocenters. The van der Waals surface area contributed by atoms with Crippen LogP contribution in [0.3, 0.4) is 0 Å². The van der Waals surface area contributed by atoms with Crippen LogP contribution in [0, 0.1) is 0 Å². The Balaban J connectivity index is 1.75. The molecule has 1 aliphatic heterocycles. The second-order valence-corrected chi connectivity index (χ2v) is 5.59. The van der Waals surface area contributed by atoms with E-state index in [1.165, 1.54) is 0 Å². The van der Waals surface area contributed by atoms with E-state index in [1.54, 1.807) is 25.3 Å². The molecule has 2 rings (SSSR count). The van der Waals surface area contributed by atoms with E-state index in [4.69, 9.17) is 4.74 Å². The van der Waals surface area contributed by atoms with Crippen molar-refractivity contribution in [2.24, 2.45) is 0 Å². The zero-order chi connectivity index (χ0) is 15.9. The minimum atomic E-state index is -0.248. The number of rotatable bonds is 5. The maximum Gasteiger partial charge on any atom is 0.320 e. The standard InChI is InChI=1S/C15H25N5O2/c1-12(20-9-7-19(2)8-10-20)11-16-15(21)18-13-5-4-6-14(17-13)22-3/h4-6,12H,7-11H2,1-3H3,(H2,16,17,18,21). The highest BCUT2D eigenvalue weighted by molar-refractivity contribution is 5.88. The molecule has 7 nitrogen and oxygen atoms in total. The van der Waals surface area contributed by atoms with E-state index in [0.717, 1.165) is 26.2 Å². The number of hydrogen-bond acceptors (Lipinski definition) is 5. The molecular formula is C15H25N5O2. The fourth-order valence-corrected chi connectivity index (χ4v) is 2.39. The fourth-order valence-electron chi connectivity index (χ4n) is 2.39. The van der Waals surface area contributed by atoms with Gasteiger partial charge >= 0.3 is 6.03 Å². The van der Waals surface area contributed by atoms with E-state index >= 15 is 0 Å². The van der Waals surface area contributed by atoms with Gasteiger partial charge in [-0.15, -0.1) is 0 Å². The number of anilines is 1. The van der Waals surface area contributed by atoms with Crippen molar-refractivity contribution in [2.45, 2.75) is 13.0 Å². The molecule has 0 radical (unpaired) electrons. The van der Waals surface area contributed by atoms with Crippen LogP contribution in [0.25, 0.3) is 0 Å². The smallest absolute Gasteiger partial charge is 0.320 e. The topological polar surface area (TPSA) is 69.7 Å². The number of aromatic nitrogens is 1. The molecule has 7 heteroatoms. The minimum Gasteiger partial charge on any atom is -0.481 e. The highest BCUT2D eigenvalue weighted by Gasteiger charge is 2.19. The van der Waals surface area contributed by atoms with Crippen molar-refractivity contribution in [1.82, 2.24) is 20.1 Å². The number of hydrogen-bond donors (Lipinski definition) is 2. The summed E-state index contributed by atoms with van der Waals surface area (Å²) in [5.74, 6) is 0.952. The Morgan fingerprint density at radius 1 is 1.36 bits per heavy atom. The van der Waals surface area contributed by atoms with Crippen molar-refractivity contribution in [3.63, 3.8) is 0 Å². The van der Waals surface area contributed by atoms with Gasteiger partial charge in [-0.1, -0.05) is 6.07 Å². The van der Waals surface area contributed by atoms with Crippen LogP contribution < -0.4 is 15.4 Å². The Morgan fingerprint density at radius 2 is 2.09 bits per heavy atom. The van der Waals surface area contributed by atoms with Gasteiger partial charge in [0.2, 0.25) is 5.88 Å². The van der Waals surface area contributed by atoms with Gasteiger partial charge in [0.1, 0.15) is 5.82 Å². The lowest BCUT2D eigenvalue weighted by Gasteiger charge is -2.36. The van der Waals surface area contributed by atoms with E-state index in [2.05, 4.69) is 39.4 Å². The number of nitrogens with one attached hydrogen (secondary N) is 2. The van der Waals surface area contributed by atoms with E-state index in [-0.39, 0.29) is 6.03 Å². The molecule has 0 aromatic carbocycles. The zero-order valence-corrected chi connectivity index (χ0v) is 13.5. The fraction of sp³-hybridized carbons (Fsp3) is 0.600. The maximum absolute atomic E-state index is 11.9. The normalized spacial score (nSPS) is 17.8. The number of carbonyl (C=O) groups is 1. The van der Waals surface area contributed by atoms with Gasteiger partial charge in [0.05, 0.1) is 7.11 Å². The summed E-state index contributed by atoms with van der Waals surface area (Å²) in [6, 6.07) is 5.32. The van der Waals surface area contributed by atoms with Crippen molar-refractivity contribution < 1.29 is 9.53 Å². The predicted octanol–water partition coefficient (Wildman–Crippen LogP) is 0.848. The maximum atomic E-state index is 11.9. The van der Waals surface area contributed by atoms with Crippen LogP contribution >= 0.6 is 0 Å². The Hall–Kier alpha value is -1.86. The average Bonchev–Trinajstić information content (AvgIpc) is 2.53. The molecule has 1 aromatic rings. The second kappa shape index (κ2) is 7.95. The molecule has 1 saturated heterocycles. The average molecular weight is 307 g/mol. The summed E-state index contributed by atoms with van der Waals surface area (Å²) in [5.41, 5.74) is 0. The summed E-state index contributed by atoms with van der Waals surface area (Å²) < 4.78 is 5.03. The highest BCUT2D eigenvalue weighted by atomic mass is 16.5. The van der Waals surface area contributed by atoms with E-state index in [0.29, 0.717) is 24.3 Å². The van der Waals surface area contributed by atoms with Crippen LogP contribution in [-0.4, -0.2) is 73.7 Å². The zero-order valence-electron chi connectivity index (χ0n) is 13.5. The molecule has 0 spiro atoms. The molecule has 1 aliphatic rings. The number of amides is 2. The Bertz CT molecular complexity index is 489.